The van der Waals surface area contributed by atoms with Gasteiger partial charge in [0.15, 0.2) is 0 Å². The van der Waals surface area contributed by atoms with Gasteiger partial charge in [0.2, 0.25) is 0 Å². The zero-order valence-electron chi connectivity index (χ0n) is 6.57. The summed E-state index contributed by atoms with van der Waals surface area (Å²) in [5.41, 5.74) is 2.70. The van der Waals surface area contributed by atoms with Gasteiger partial charge in [0.25, 0.3) is 0 Å². The second-order valence-corrected chi connectivity index (χ2v) is 9.13. The molecule has 0 fully saturated rings. The molecule has 60 valence electrons. The molecule has 0 atom stereocenters. The van der Waals surface area contributed by atoms with Gasteiger partial charge in [-0.3, -0.25) is 0 Å². The Kier molecular flexibility index (Phi) is 3.19. The number of alkyl halides is 2. The normalized spacial score (nSPS) is 11.6. The van der Waals surface area contributed by atoms with Crippen molar-refractivity contribution in [2.75, 3.05) is 0 Å². The molecule has 0 aliphatic rings. The van der Waals surface area contributed by atoms with Crippen molar-refractivity contribution in [3.63, 3.8) is 0 Å². The molecule has 11 heavy (non-hydrogen) atoms. The summed E-state index contributed by atoms with van der Waals surface area (Å²) in [4.78, 5) is 0. The van der Waals surface area contributed by atoms with Gasteiger partial charge in [-0.25, -0.2) is 0 Å². The Morgan fingerprint density at radius 3 is 1.91 bits per heavy atom. The predicted octanol–water partition coefficient (Wildman–Crippen LogP) is 4.04. The maximum atomic E-state index is 2.44. The van der Waals surface area contributed by atoms with Crippen LogP contribution in [0.2, 0.25) is 0 Å². The molecule has 0 N–H and O–H groups in total. The fraction of sp³-hybridized carbons (Fsp3) is 0.333. The molecule has 1 aromatic carbocycles. The minimum absolute atomic E-state index is 0.225. The monoisotopic (exact) mass is 372 g/mol. The third kappa shape index (κ3) is 2.89. The van der Waals surface area contributed by atoms with Crippen LogP contribution in [-0.2, 0) is 1.43 Å². The first-order chi connectivity index (χ1) is 5.00. The fourth-order valence-electron chi connectivity index (χ4n) is 0.846. The number of benzene rings is 1. The Balaban J connectivity index is 2.99. The molecule has 0 spiro atoms. The number of rotatable bonds is 1. The van der Waals surface area contributed by atoms with Crippen LogP contribution in [0.4, 0.5) is 0 Å². The molecule has 0 bridgehead atoms. The van der Waals surface area contributed by atoms with E-state index in [9.17, 15) is 0 Å². The van der Waals surface area contributed by atoms with E-state index in [-0.39, 0.29) is 1.43 Å². The van der Waals surface area contributed by atoms with E-state index in [0.717, 1.165) is 0 Å². The zero-order valence-corrected chi connectivity index (χ0v) is 10.9. The van der Waals surface area contributed by atoms with E-state index >= 15 is 0 Å². The van der Waals surface area contributed by atoms with E-state index < -0.39 is 0 Å². The van der Waals surface area contributed by atoms with Gasteiger partial charge in [-0.15, -0.1) is 0 Å². The van der Waals surface area contributed by atoms with Gasteiger partial charge in [-0.05, 0) is 19.4 Å². The molecule has 0 unspecified atom stereocenters. The SMILES string of the molecule is Cc1ccc(C(C)(I)I)cc1. The average molecular weight is 372 g/mol. The van der Waals surface area contributed by atoms with E-state index in [1.807, 2.05) is 0 Å². The number of aryl methyl sites for hydroxylation is 1. The molecule has 0 aliphatic carbocycles. The number of hydrogen-bond acceptors (Lipinski definition) is 0. The Morgan fingerprint density at radius 2 is 1.55 bits per heavy atom. The lowest BCUT2D eigenvalue weighted by atomic mass is 10.1. The van der Waals surface area contributed by atoms with Gasteiger partial charge in [0.1, 0.15) is 0 Å². The summed E-state index contributed by atoms with van der Waals surface area (Å²) >= 11 is 4.88. The van der Waals surface area contributed by atoms with E-state index in [0.29, 0.717) is 0 Å². The van der Waals surface area contributed by atoms with E-state index in [1.165, 1.54) is 11.1 Å². The second-order valence-electron chi connectivity index (χ2n) is 2.75. The Hall–Kier alpha value is 0.680. The third-order valence-corrected chi connectivity index (χ3v) is 2.80. The van der Waals surface area contributed by atoms with Crippen molar-refractivity contribution in [2.24, 2.45) is 0 Å². The molecule has 0 aliphatic heterocycles. The Bertz CT molecular complexity index is 231. The van der Waals surface area contributed by atoms with Crippen LogP contribution in [-0.4, -0.2) is 0 Å². The van der Waals surface area contributed by atoms with Crippen molar-refractivity contribution in [1.82, 2.24) is 0 Å². The molecule has 0 saturated carbocycles. The first kappa shape index (κ1) is 9.77. The highest BCUT2D eigenvalue weighted by Gasteiger charge is 2.16. The molecule has 1 rings (SSSR count). The van der Waals surface area contributed by atoms with Gasteiger partial charge in [0, 0.05) is 0 Å². The highest BCUT2D eigenvalue weighted by atomic mass is 127. The minimum atomic E-state index is 0.225. The molecular weight excluding hydrogens is 362 g/mol. The van der Waals surface area contributed by atoms with Gasteiger partial charge < -0.3 is 0 Å². The summed E-state index contributed by atoms with van der Waals surface area (Å²) in [6.07, 6.45) is 0. The smallest absolute Gasteiger partial charge is 0.0622 e. The predicted molar refractivity (Wildman–Crippen MR) is 66.6 cm³/mol. The van der Waals surface area contributed by atoms with E-state index in [4.69, 9.17) is 0 Å². The number of hydrogen-bond donors (Lipinski definition) is 0. The van der Waals surface area contributed by atoms with Crippen LogP contribution in [0.25, 0.3) is 0 Å². The van der Waals surface area contributed by atoms with E-state index in [1.54, 1.807) is 0 Å². The van der Waals surface area contributed by atoms with Crippen molar-refractivity contribution in [1.29, 1.82) is 0 Å². The maximum absolute atomic E-state index is 2.44. The molecule has 2 heteroatoms. The molecule has 1 aromatic rings. The quantitative estimate of drug-likeness (QED) is 0.516. The standard InChI is InChI=1S/C9H10I2/c1-7-3-5-8(6-4-7)9(2,10)11/h3-6H,1-2H3. The summed E-state index contributed by atoms with van der Waals surface area (Å²) in [6, 6.07) is 8.69. The lowest BCUT2D eigenvalue weighted by molar-refractivity contribution is 1.10. The Labute approximate surface area is 95.0 Å². The van der Waals surface area contributed by atoms with Crippen molar-refractivity contribution in [2.45, 2.75) is 15.3 Å². The van der Waals surface area contributed by atoms with E-state index in [2.05, 4.69) is 83.3 Å². The fourth-order valence-corrected chi connectivity index (χ4v) is 1.57. The summed E-state index contributed by atoms with van der Waals surface area (Å²) in [5.74, 6) is 0. The zero-order chi connectivity index (χ0) is 8.48. The Morgan fingerprint density at radius 1 is 1.09 bits per heavy atom. The lowest BCUT2D eigenvalue weighted by Gasteiger charge is -2.14. The molecule has 0 saturated heterocycles. The van der Waals surface area contributed by atoms with Crippen molar-refractivity contribution < 1.29 is 0 Å². The third-order valence-electron chi connectivity index (χ3n) is 1.56. The minimum Gasteiger partial charge on any atom is -0.0622 e. The van der Waals surface area contributed by atoms with Crippen LogP contribution in [0.3, 0.4) is 0 Å². The molecule has 0 aromatic heterocycles. The van der Waals surface area contributed by atoms with Gasteiger partial charge in [0.05, 0.1) is 1.43 Å². The van der Waals surface area contributed by atoms with Crippen molar-refractivity contribution in [3.05, 3.63) is 35.4 Å². The molecule has 0 heterocycles. The molecular formula is C9H10I2. The lowest BCUT2D eigenvalue weighted by Crippen LogP contribution is -2.00. The molecule has 0 radical (unpaired) electrons. The van der Waals surface area contributed by atoms with Crippen LogP contribution in [0.5, 0.6) is 0 Å². The first-order valence-electron chi connectivity index (χ1n) is 3.45. The van der Waals surface area contributed by atoms with Gasteiger partial charge in [-0.1, -0.05) is 75.0 Å². The largest absolute Gasteiger partial charge is 0.0954 e. The average Bonchev–Trinajstić information content (AvgIpc) is 1.86. The summed E-state index contributed by atoms with van der Waals surface area (Å²) in [5, 5.41) is 0. The molecule has 0 amide bonds. The maximum Gasteiger partial charge on any atom is 0.0954 e. The van der Waals surface area contributed by atoms with Crippen LogP contribution in [0, 0.1) is 6.92 Å². The van der Waals surface area contributed by atoms with Crippen LogP contribution in [0.1, 0.15) is 18.1 Å². The highest BCUT2D eigenvalue weighted by molar-refractivity contribution is 14.2. The molecule has 0 nitrogen and oxygen atoms in total. The van der Waals surface area contributed by atoms with Crippen LogP contribution in [0.15, 0.2) is 24.3 Å². The van der Waals surface area contributed by atoms with Crippen molar-refractivity contribution in [3.8, 4) is 0 Å². The summed E-state index contributed by atoms with van der Waals surface area (Å²) in [6.45, 7) is 4.32. The summed E-state index contributed by atoms with van der Waals surface area (Å²) in [7, 11) is 0. The summed E-state index contributed by atoms with van der Waals surface area (Å²) < 4.78 is 0.225. The second kappa shape index (κ2) is 3.60. The first-order valence-corrected chi connectivity index (χ1v) is 5.61. The van der Waals surface area contributed by atoms with Crippen LogP contribution >= 0.6 is 45.2 Å². The van der Waals surface area contributed by atoms with Crippen LogP contribution < -0.4 is 0 Å². The number of halogens is 2. The van der Waals surface area contributed by atoms with Gasteiger partial charge >= 0.3 is 0 Å². The van der Waals surface area contributed by atoms with Gasteiger partial charge in [-0.2, -0.15) is 0 Å². The van der Waals surface area contributed by atoms with Crippen molar-refractivity contribution >= 4 is 45.2 Å². The highest BCUT2D eigenvalue weighted by Crippen LogP contribution is 2.38. The topological polar surface area (TPSA) is 0 Å².